The average molecular weight is 589 g/mol. The van der Waals surface area contributed by atoms with Gasteiger partial charge in [-0.15, -0.1) is 0 Å². The molecular formula is C25H28F4N4O6S. The van der Waals surface area contributed by atoms with E-state index in [9.17, 15) is 35.6 Å². The second-order valence-electron chi connectivity index (χ2n) is 10.1. The number of alkyl halides is 3. The number of fused-ring (bicyclic) bond motifs is 1. The summed E-state index contributed by atoms with van der Waals surface area (Å²) in [5.74, 6) is -0.944. The van der Waals surface area contributed by atoms with E-state index < -0.39 is 39.8 Å². The van der Waals surface area contributed by atoms with Crippen molar-refractivity contribution in [2.75, 3.05) is 42.8 Å². The van der Waals surface area contributed by atoms with Crippen molar-refractivity contribution in [1.29, 1.82) is 0 Å². The highest BCUT2D eigenvalue weighted by Gasteiger charge is 2.51. The Hall–Kier alpha value is -3.59. The third-order valence-corrected chi connectivity index (χ3v) is 8.30. The number of amides is 2. The molecule has 2 aliphatic rings. The van der Waals surface area contributed by atoms with Crippen LogP contribution < -0.4 is 19.7 Å². The van der Waals surface area contributed by atoms with E-state index in [1.54, 1.807) is 0 Å². The van der Waals surface area contributed by atoms with Crippen LogP contribution in [-0.2, 0) is 19.6 Å². The average Bonchev–Trinajstić information content (AvgIpc) is 2.84. The molecule has 1 saturated heterocycles. The summed E-state index contributed by atoms with van der Waals surface area (Å²) in [7, 11) is -2.42. The van der Waals surface area contributed by atoms with Crippen molar-refractivity contribution < 1.29 is 45.0 Å². The Morgan fingerprint density at radius 1 is 1.07 bits per heavy atom. The minimum Gasteiger partial charge on any atom is -0.484 e. The van der Waals surface area contributed by atoms with Gasteiger partial charge in [0.15, 0.2) is 0 Å². The largest absolute Gasteiger partial charge is 0.484 e. The van der Waals surface area contributed by atoms with Gasteiger partial charge in [-0.25, -0.2) is 17.6 Å². The van der Waals surface area contributed by atoms with Crippen LogP contribution >= 0.6 is 0 Å². The third kappa shape index (κ3) is 6.25. The molecule has 0 saturated carbocycles. The zero-order chi connectivity index (χ0) is 29.5. The van der Waals surface area contributed by atoms with Crippen molar-refractivity contribution in [3.63, 3.8) is 0 Å². The maximum absolute atomic E-state index is 13.6. The summed E-state index contributed by atoms with van der Waals surface area (Å²) >= 11 is 0. The predicted octanol–water partition coefficient (Wildman–Crippen LogP) is 3.35. The number of likely N-dealkylation sites (tertiary alicyclic amines) is 1. The fourth-order valence-electron chi connectivity index (χ4n) is 4.11. The molecule has 4 rings (SSSR count). The van der Waals surface area contributed by atoms with Gasteiger partial charge in [0.05, 0.1) is 29.6 Å². The van der Waals surface area contributed by atoms with Crippen LogP contribution in [0.3, 0.4) is 0 Å². The quantitative estimate of drug-likeness (QED) is 0.477. The molecule has 2 amide bonds. The molecule has 0 bridgehead atoms. The van der Waals surface area contributed by atoms with Gasteiger partial charge >= 0.3 is 12.3 Å². The second-order valence-corrected chi connectivity index (χ2v) is 12.0. The molecule has 1 atom stereocenters. The van der Waals surface area contributed by atoms with Gasteiger partial charge in [0, 0.05) is 18.8 Å². The standard InChI is InChI=1S/C25H28F4N4O6S/c1-24(2,25(27,28)29)39-23(35)31-17-6-9-21-20(10-17)33(40(36,37)19-7-4-16(26)5-8-19)14-18(38-21)11-30-22(34)15-12-32(3)13-15/h4-10,15,18H,11-14H2,1-3H3,(H,30,34)(H,31,35)/t18-/m0/s1. The zero-order valence-corrected chi connectivity index (χ0v) is 22.6. The van der Waals surface area contributed by atoms with Gasteiger partial charge in [-0.1, -0.05) is 0 Å². The van der Waals surface area contributed by atoms with Crippen molar-refractivity contribution >= 4 is 33.4 Å². The number of nitrogens with zero attached hydrogens (tertiary/aromatic N) is 2. The molecule has 1 fully saturated rings. The highest BCUT2D eigenvalue weighted by atomic mass is 32.2. The number of carbonyl (C=O) groups excluding carboxylic acids is 2. The lowest BCUT2D eigenvalue weighted by Crippen LogP contribution is -2.54. The smallest absolute Gasteiger partial charge is 0.427 e. The van der Waals surface area contributed by atoms with Crippen LogP contribution in [0, 0.1) is 11.7 Å². The number of carbonyl (C=O) groups is 2. The van der Waals surface area contributed by atoms with E-state index in [1.807, 2.05) is 11.9 Å². The van der Waals surface area contributed by atoms with E-state index in [0.717, 1.165) is 28.6 Å². The van der Waals surface area contributed by atoms with E-state index in [2.05, 4.69) is 15.4 Å². The van der Waals surface area contributed by atoms with E-state index >= 15 is 0 Å². The minimum atomic E-state index is -4.83. The van der Waals surface area contributed by atoms with Crippen molar-refractivity contribution in [3.8, 4) is 5.75 Å². The maximum Gasteiger partial charge on any atom is 0.427 e. The molecule has 0 aromatic heterocycles. The highest BCUT2D eigenvalue weighted by Crippen LogP contribution is 2.39. The lowest BCUT2D eigenvalue weighted by atomic mass is 10.0. The van der Waals surface area contributed by atoms with Gasteiger partial charge in [-0.2, -0.15) is 13.2 Å². The fourth-order valence-corrected chi connectivity index (χ4v) is 5.61. The Balaban J connectivity index is 1.59. The van der Waals surface area contributed by atoms with Crippen LogP contribution in [0.4, 0.5) is 33.7 Å². The number of hydrogen-bond acceptors (Lipinski definition) is 7. The third-order valence-electron chi connectivity index (χ3n) is 6.51. The summed E-state index contributed by atoms with van der Waals surface area (Å²) < 4.78 is 91.4. The first kappa shape index (κ1) is 29.4. The number of halogens is 4. The first-order valence-corrected chi connectivity index (χ1v) is 13.6. The van der Waals surface area contributed by atoms with Crippen LogP contribution in [0.25, 0.3) is 0 Å². The Bertz CT molecular complexity index is 1380. The Morgan fingerprint density at radius 2 is 1.73 bits per heavy atom. The van der Waals surface area contributed by atoms with Crippen LogP contribution in [-0.4, -0.2) is 76.4 Å². The predicted molar refractivity (Wildman–Crippen MR) is 136 cm³/mol. The molecule has 218 valence electrons. The first-order chi connectivity index (χ1) is 18.6. The second kappa shape index (κ2) is 10.8. The summed E-state index contributed by atoms with van der Waals surface area (Å²) in [6.45, 7) is 2.31. The molecule has 2 N–H and O–H groups in total. The van der Waals surface area contributed by atoms with E-state index in [0.29, 0.717) is 26.9 Å². The first-order valence-electron chi connectivity index (χ1n) is 12.2. The highest BCUT2D eigenvalue weighted by molar-refractivity contribution is 7.92. The number of benzene rings is 2. The van der Waals surface area contributed by atoms with Crippen LogP contribution in [0.15, 0.2) is 47.4 Å². The van der Waals surface area contributed by atoms with Crippen molar-refractivity contribution in [2.45, 2.75) is 36.6 Å². The zero-order valence-electron chi connectivity index (χ0n) is 21.8. The maximum atomic E-state index is 13.6. The molecule has 10 nitrogen and oxygen atoms in total. The van der Waals surface area contributed by atoms with Crippen LogP contribution in [0.5, 0.6) is 5.75 Å². The van der Waals surface area contributed by atoms with E-state index in [4.69, 9.17) is 4.74 Å². The normalized spacial score (nSPS) is 18.3. The van der Waals surface area contributed by atoms with Crippen molar-refractivity contribution in [1.82, 2.24) is 10.2 Å². The lowest BCUT2D eigenvalue weighted by Gasteiger charge is -2.37. The number of sulfonamides is 1. The van der Waals surface area contributed by atoms with Crippen LogP contribution in [0.2, 0.25) is 0 Å². The number of anilines is 2. The summed E-state index contributed by atoms with van der Waals surface area (Å²) in [6.07, 6.45) is -7.04. The Labute approximate surface area is 228 Å². The van der Waals surface area contributed by atoms with Gasteiger partial charge in [-0.3, -0.25) is 14.4 Å². The molecule has 0 radical (unpaired) electrons. The van der Waals surface area contributed by atoms with Gasteiger partial charge < -0.3 is 19.7 Å². The molecule has 40 heavy (non-hydrogen) atoms. The molecule has 0 unspecified atom stereocenters. The molecule has 15 heteroatoms. The molecule has 2 aromatic rings. The summed E-state index contributed by atoms with van der Waals surface area (Å²) in [5.41, 5.74) is -2.87. The monoisotopic (exact) mass is 588 g/mol. The minimum absolute atomic E-state index is 0.00716. The van der Waals surface area contributed by atoms with Gasteiger partial charge in [0.25, 0.3) is 10.0 Å². The molecule has 2 aromatic carbocycles. The molecule has 2 aliphatic heterocycles. The van der Waals surface area contributed by atoms with Crippen LogP contribution in [0.1, 0.15) is 13.8 Å². The van der Waals surface area contributed by atoms with E-state index in [-0.39, 0.29) is 46.9 Å². The number of ether oxygens (including phenoxy) is 2. The number of nitrogens with one attached hydrogen (secondary N) is 2. The van der Waals surface area contributed by atoms with Crippen molar-refractivity contribution in [2.24, 2.45) is 5.92 Å². The molecular weight excluding hydrogens is 560 g/mol. The molecule has 2 heterocycles. The topological polar surface area (TPSA) is 117 Å². The van der Waals surface area contributed by atoms with Gasteiger partial charge in [0.2, 0.25) is 11.5 Å². The lowest BCUT2D eigenvalue weighted by molar-refractivity contribution is -0.242. The Morgan fingerprint density at radius 3 is 2.33 bits per heavy atom. The van der Waals surface area contributed by atoms with E-state index in [1.165, 1.54) is 18.2 Å². The van der Waals surface area contributed by atoms with Gasteiger partial charge in [0.1, 0.15) is 17.7 Å². The summed E-state index contributed by atoms with van der Waals surface area (Å²) in [5, 5.41) is 4.94. The number of rotatable bonds is 7. The Kier molecular flexibility index (Phi) is 7.91. The molecule has 0 spiro atoms. The van der Waals surface area contributed by atoms with Gasteiger partial charge in [-0.05, 0) is 63.4 Å². The summed E-state index contributed by atoms with van der Waals surface area (Å²) in [6, 6.07) is 7.98. The SMILES string of the molecule is CN1CC(C(=O)NC[C@H]2CN(S(=O)(=O)c3ccc(F)cc3)c3cc(NC(=O)OC(C)(C)C(F)(F)F)ccc3O2)C1. The van der Waals surface area contributed by atoms with Crippen molar-refractivity contribution in [3.05, 3.63) is 48.3 Å². The number of hydrogen-bond donors (Lipinski definition) is 2. The fraction of sp³-hybridized carbons (Fsp3) is 0.440. The summed E-state index contributed by atoms with van der Waals surface area (Å²) in [4.78, 5) is 26.4. The molecule has 0 aliphatic carbocycles.